The van der Waals surface area contributed by atoms with Crippen molar-refractivity contribution in [1.29, 1.82) is 0 Å². The molecule has 0 nitrogen and oxygen atoms in total. The van der Waals surface area contributed by atoms with Crippen molar-refractivity contribution in [2.24, 2.45) is 0 Å². The van der Waals surface area contributed by atoms with Crippen molar-refractivity contribution in [1.82, 2.24) is 0 Å². The standard InChI is InChI=1S/2C4H9.CH4S.ClH.Sn/c2*1-3-4-2;1-2;;/h2*1,3-4H2,2H3;2H,1H3;1H;/q;;;;+2/p-2. The van der Waals surface area contributed by atoms with E-state index in [0.29, 0.717) is 0 Å². The fraction of sp³-hybridized carbons (Fsp3) is 1.00. The van der Waals surface area contributed by atoms with Crippen LogP contribution in [-0.2, 0) is 0 Å². The second-order valence-corrected chi connectivity index (χ2v) is 26.7. The first-order valence-corrected chi connectivity index (χ1v) is 17.3. The Hall–Kier alpha value is 1.44. The zero-order valence-electron chi connectivity index (χ0n) is 8.53. The van der Waals surface area contributed by atoms with Crippen LogP contribution < -0.4 is 0 Å². The van der Waals surface area contributed by atoms with Gasteiger partial charge in [-0.2, -0.15) is 0 Å². The number of unbranched alkanes of at least 4 members (excludes halogenated alkanes) is 2. The van der Waals surface area contributed by atoms with Gasteiger partial charge in [-0.25, -0.2) is 0 Å². The molecule has 0 spiro atoms. The molecule has 0 aromatic carbocycles. The van der Waals surface area contributed by atoms with E-state index in [0.717, 1.165) is 0 Å². The molecule has 0 bridgehead atoms. The quantitative estimate of drug-likeness (QED) is 0.617. The summed E-state index contributed by atoms with van der Waals surface area (Å²) in [5, 5.41) is 0. The zero-order valence-corrected chi connectivity index (χ0v) is 13.0. The Morgan fingerprint density at radius 2 is 1.50 bits per heavy atom. The fourth-order valence-corrected chi connectivity index (χ4v) is 14.6. The molecule has 0 aliphatic rings. The van der Waals surface area contributed by atoms with E-state index < -0.39 is 15.9 Å². The van der Waals surface area contributed by atoms with Crippen LogP contribution in [0.3, 0.4) is 0 Å². The maximum atomic E-state index is 6.65. The normalized spacial score (nSPS) is 12.0. The van der Waals surface area contributed by atoms with E-state index in [1.807, 2.05) is 8.95 Å². The summed E-state index contributed by atoms with van der Waals surface area (Å²) in [6.07, 6.45) is 7.53. The number of hydrogen-bond acceptors (Lipinski definition) is 1. The van der Waals surface area contributed by atoms with Crippen molar-refractivity contribution in [2.75, 3.05) is 6.26 Å². The molecule has 0 saturated carbocycles. The van der Waals surface area contributed by atoms with E-state index in [4.69, 9.17) is 8.92 Å². The molecule has 0 atom stereocenters. The van der Waals surface area contributed by atoms with Crippen LogP contribution in [0.2, 0.25) is 8.87 Å². The summed E-state index contributed by atoms with van der Waals surface area (Å²) in [6, 6.07) is 0. The summed E-state index contributed by atoms with van der Waals surface area (Å²) < 4.78 is 2.74. The van der Waals surface area contributed by atoms with Crippen molar-refractivity contribution in [3.63, 3.8) is 0 Å². The molecule has 0 amide bonds. The molecule has 0 N–H and O–H groups in total. The van der Waals surface area contributed by atoms with Gasteiger partial charge < -0.3 is 0 Å². The first-order valence-electron chi connectivity index (χ1n) is 4.92. The van der Waals surface area contributed by atoms with Crippen molar-refractivity contribution >= 4 is 33.7 Å². The van der Waals surface area contributed by atoms with Gasteiger partial charge in [0.25, 0.3) is 0 Å². The summed E-state index contributed by atoms with van der Waals surface area (Å²) in [4.78, 5) is 0. The minimum absolute atomic E-state index is 1.30. The van der Waals surface area contributed by atoms with Gasteiger partial charge in [0.1, 0.15) is 0 Å². The second kappa shape index (κ2) is 7.81. The number of hydrogen-bond donors (Lipinski definition) is 0. The van der Waals surface area contributed by atoms with Gasteiger partial charge in [-0.05, 0) is 0 Å². The van der Waals surface area contributed by atoms with Gasteiger partial charge in [0.2, 0.25) is 0 Å². The average molecular weight is 315 g/mol. The molecule has 0 fully saturated rings. The van der Waals surface area contributed by atoms with Crippen LogP contribution in [-0.4, -0.2) is 22.1 Å². The molecule has 0 aliphatic heterocycles. The molecule has 0 aromatic rings. The Morgan fingerprint density at radius 3 is 1.75 bits per heavy atom. The van der Waals surface area contributed by atoms with Crippen LogP contribution in [0.4, 0.5) is 0 Å². The second-order valence-electron chi connectivity index (χ2n) is 3.29. The van der Waals surface area contributed by atoms with Crippen LogP contribution in [0.5, 0.6) is 0 Å². The van der Waals surface area contributed by atoms with Gasteiger partial charge in [-0.3, -0.25) is 0 Å². The van der Waals surface area contributed by atoms with E-state index in [2.05, 4.69) is 20.1 Å². The van der Waals surface area contributed by atoms with Crippen molar-refractivity contribution < 1.29 is 0 Å². The van der Waals surface area contributed by atoms with E-state index >= 15 is 0 Å². The molecule has 0 radical (unpaired) electrons. The van der Waals surface area contributed by atoms with Crippen molar-refractivity contribution in [3.8, 4) is 0 Å². The average Bonchev–Trinajstić information content (AvgIpc) is 2.11. The third-order valence-corrected chi connectivity index (χ3v) is 23.8. The first kappa shape index (κ1) is 13.4. The summed E-state index contributed by atoms with van der Waals surface area (Å²) in [6.45, 7) is 4.51. The minimum atomic E-state index is -2.10. The predicted molar refractivity (Wildman–Crippen MR) is 64.6 cm³/mol. The Kier molecular flexibility index (Phi) is 8.74. The van der Waals surface area contributed by atoms with E-state index in [9.17, 15) is 0 Å². The van der Waals surface area contributed by atoms with E-state index in [1.165, 1.54) is 34.6 Å². The van der Waals surface area contributed by atoms with Crippen LogP contribution in [0.1, 0.15) is 39.5 Å². The van der Waals surface area contributed by atoms with Gasteiger partial charge in [0.05, 0.1) is 0 Å². The van der Waals surface area contributed by atoms with Gasteiger partial charge in [-0.1, -0.05) is 0 Å². The summed E-state index contributed by atoms with van der Waals surface area (Å²) >= 11 is -2.10. The maximum absolute atomic E-state index is 6.65. The molecule has 0 rings (SSSR count). The topological polar surface area (TPSA) is 0 Å². The number of halogens is 1. The molecule has 0 aromatic heterocycles. The van der Waals surface area contributed by atoms with Crippen LogP contribution in [0.25, 0.3) is 0 Å². The van der Waals surface area contributed by atoms with E-state index in [-0.39, 0.29) is 0 Å². The van der Waals surface area contributed by atoms with Gasteiger partial charge in [0, 0.05) is 0 Å². The third-order valence-electron chi connectivity index (χ3n) is 2.17. The Balaban J connectivity index is 3.70. The van der Waals surface area contributed by atoms with Crippen molar-refractivity contribution in [2.45, 2.75) is 48.4 Å². The molecule has 0 aliphatic carbocycles. The first-order chi connectivity index (χ1) is 5.68. The molecule has 74 valence electrons. The summed E-state index contributed by atoms with van der Waals surface area (Å²) in [5.74, 6) is 0. The van der Waals surface area contributed by atoms with Gasteiger partial charge in [-0.15, -0.1) is 0 Å². The Labute approximate surface area is 87.9 Å². The summed E-state index contributed by atoms with van der Waals surface area (Å²) in [7, 11) is 8.68. The molecular weight excluding hydrogens is 294 g/mol. The Morgan fingerprint density at radius 1 is 1.08 bits per heavy atom. The van der Waals surface area contributed by atoms with Crippen LogP contribution >= 0.6 is 17.9 Å². The van der Waals surface area contributed by atoms with Gasteiger partial charge >= 0.3 is 88.4 Å². The zero-order chi connectivity index (χ0) is 9.45. The molecule has 3 heteroatoms. The van der Waals surface area contributed by atoms with E-state index in [1.54, 1.807) is 0 Å². The molecular formula is C9H21ClSSn. The SMILES string of the molecule is CCC[CH2][Sn]([Cl])([CH2]CCC)[S]C. The fourth-order valence-electron chi connectivity index (χ4n) is 1.21. The summed E-state index contributed by atoms with van der Waals surface area (Å²) in [5.41, 5.74) is 0. The Bertz CT molecular complexity index is 101. The third kappa shape index (κ3) is 5.98. The molecule has 0 heterocycles. The monoisotopic (exact) mass is 316 g/mol. The van der Waals surface area contributed by atoms with Crippen LogP contribution in [0, 0.1) is 0 Å². The number of rotatable bonds is 7. The molecule has 0 unspecified atom stereocenters. The predicted octanol–water partition coefficient (Wildman–Crippen LogP) is 4.63. The van der Waals surface area contributed by atoms with Gasteiger partial charge in [0.15, 0.2) is 0 Å². The van der Waals surface area contributed by atoms with Crippen molar-refractivity contribution in [3.05, 3.63) is 0 Å². The molecule has 0 saturated heterocycles. The molecule has 12 heavy (non-hydrogen) atoms. The van der Waals surface area contributed by atoms with Crippen LogP contribution in [0.15, 0.2) is 0 Å².